The molecule has 0 aliphatic heterocycles. The van der Waals surface area contributed by atoms with Gasteiger partial charge in [0.25, 0.3) is 0 Å². The summed E-state index contributed by atoms with van der Waals surface area (Å²) in [4.78, 5) is 2.52. The second-order valence-corrected chi connectivity index (χ2v) is 6.30. The minimum atomic E-state index is 0.726. The molecule has 0 heterocycles. The van der Waals surface area contributed by atoms with E-state index in [0.29, 0.717) is 0 Å². The normalized spacial score (nSPS) is 22.4. The van der Waals surface area contributed by atoms with Crippen molar-refractivity contribution in [2.24, 2.45) is 5.92 Å². The molecule has 0 spiro atoms. The summed E-state index contributed by atoms with van der Waals surface area (Å²) in [5.41, 5.74) is 6.60. The van der Waals surface area contributed by atoms with E-state index in [9.17, 15) is 0 Å². The third-order valence-electron chi connectivity index (χ3n) is 4.85. The number of hydrogen-bond acceptors (Lipinski definition) is 3. The maximum Gasteiger partial charge on any atom is 0.142 e. The van der Waals surface area contributed by atoms with Crippen molar-refractivity contribution in [1.29, 1.82) is 0 Å². The van der Waals surface area contributed by atoms with Crippen molar-refractivity contribution in [1.82, 2.24) is 4.90 Å². The van der Waals surface area contributed by atoms with Gasteiger partial charge < -0.3 is 15.4 Å². The second kappa shape index (κ2) is 8.28. The Kier molecular flexibility index (Phi) is 6.37. The average Bonchev–Trinajstić information content (AvgIpc) is 2.53. The quantitative estimate of drug-likeness (QED) is 0.610. The van der Waals surface area contributed by atoms with Crippen LogP contribution >= 0.6 is 0 Å². The molecule has 2 N–H and O–H groups in total. The zero-order valence-corrected chi connectivity index (χ0v) is 13.6. The number of hydrogen-bond donors (Lipinski definition) is 1. The summed E-state index contributed by atoms with van der Waals surface area (Å²) in [6.07, 6.45) is 7.94. The van der Waals surface area contributed by atoms with Crippen LogP contribution < -0.4 is 10.5 Å². The maximum atomic E-state index is 5.87. The van der Waals surface area contributed by atoms with Gasteiger partial charge in [-0.15, -0.1) is 0 Å². The molecule has 0 bridgehead atoms. The molecule has 1 aliphatic rings. The van der Waals surface area contributed by atoms with Crippen LogP contribution in [0, 0.1) is 5.92 Å². The van der Waals surface area contributed by atoms with E-state index in [1.165, 1.54) is 32.1 Å². The summed E-state index contributed by atoms with van der Waals surface area (Å²) >= 11 is 0. The smallest absolute Gasteiger partial charge is 0.142 e. The number of ether oxygens (including phenoxy) is 1. The number of nitrogens with zero attached hydrogens (tertiary/aromatic N) is 1. The van der Waals surface area contributed by atoms with Gasteiger partial charge in [0, 0.05) is 12.6 Å². The van der Waals surface area contributed by atoms with Gasteiger partial charge in [0.2, 0.25) is 0 Å². The molecule has 3 heteroatoms. The van der Waals surface area contributed by atoms with Crippen LogP contribution in [0.2, 0.25) is 0 Å². The molecule has 1 aromatic carbocycles. The first kappa shape index (κ1) is 16.2. The van der Waals surface area contributed by atoms with E-state index in [1.807, 2.05) is 24.3 Å². The summed E-state index contributed by atoms with van der Waals surface area (Å²) in [5, 5.41) is 0. The average molecular weight is 290 g/mol. The van der Waals surface area contributed by atoms with Crippen molar-refractivity contribution in [2.45, 2.75) is 51.5 Å². The van der Waals surface area contributed by atoms with Gasteiger partial charge in [-0.1, -0.05) is 25.5 Å². The largest absolute Gasteiger partial charge is 0.491 e. The molecule has 0 aromatic heterocycles. The number of nitrogen functional groups attached to an aromatic ring is 1. The monoisotopic (exact) mass is 290 g/mol. The van der Waals surface area contributed by atoms with E-state index in [1.54, 1.807) is 0 Å². The summed E-state index contributed by atoms with van der Waals surface area (Å²) in [5.74, 6) is 1.78. The molecule has 0 amide bonds. The van der Waals surface area contributed by atoms with E-state index in [4.69, 9.17) is 10.5 Å². The lowest BCUT2D eigenvalue weighted by atomic mass is 9.84. The zero-order valence-electron chi connectivity index (χ0n) is 13.6. The van der Waals surface area contributed by atoms with Crippen molar-refractivity contribution >= 4 is 5.69 Å². The molecule has 1 saturated carbocycles. The minimum absolute atomic E-state index is 0.726. The van der Waals surface area contributed by atoms with Gasteiger partial charge >= 0.3 is 0 Å². The number of rotatable bonds is 7. The molecule has 1 aliphatic carbocycles. The Morgan fingerprint density at radius 1 is 1.19 bits per heavy atom. The highest BCUT2D eigenvalue weighted by atomic mass is 16.5. The predicted octanol–water partition coefficient (Wildman–Crippen LogP) is 3.94. The zero-order chi connectivity index (χ0) is 15.1. The van der Waals surface area contributed by atoms with E-state index in [0.717, 1.165) is 43.0 Å². The molecule has 0 radical (unpaired) electrons. The van der Waals surface area contributed by atoms with Crippen molar-refractivity contribution in [3.63, 3.8) is 0 Å². The Labute approximate surface area is 129 Å². The number of anilines is 1. The topological polar surface area (TPSA) is 38.5 Å². The maximum absolute atomic E-state index is 5.87. The van der Waals surface area contributed by atoms with E-state index in [2.05, 4.69) is 18.9 Å². The van der Waals surface area contributed by atoms with Crippen LogP contribution in [0.4, 0.5) is 5.69 Å². The molecule has 1 fully saturated rings. The number of para-hydroxylation sites is 2. The third kappa shape index (κ3) is 4.92. The predicted molar refractivity (Wildman–Crippen MR) is 89.6 cm³/mol. The van der Waals surface area contributed by atoms with Gasteiger partial charge in [0.05, 0.1) is 12.3 Å². The number of benzene rings is 1. The van der Waals surface area contributed by atoms with Crippen LogP contribution in [0.15, 0.2) is 24.3 Å². The minimum Gasteiger partial charge on any atom is -0.491 e. The number of nitrogens with two attached hydrogens (primary N) is 1. The first-order valence-electron chi connectivity index (χ1n) is 8.38. The molecule has 0 atom stereocenters. The van der Waals surface area contributed by atoms with E-state index < -0.39 is 0 Å². The Morgan fingerprint density at radius 2 is 1.90 bits per heavy atom. The SMILES string of the molecule is CCC1CCC(N(C)CCCOc2ccccc2N)CC1. The Morgan fingerprint density at radius 3 is 2.57 bits per heavy atom. The Bertz CT molecular complexity index is 413. The highest BCUT2D eigenvalue weighted by Gasteiger charge is 2.22. The van der Waals surface area contributed by atoms with Crippen LogP contribution in [-0.2, 0) is 0 Å². The highest BCUT2D eigenvalue weighted by molar-refractivity contribution is 5.51. The Hall–Kier alpha value is -1.22. The van der Waals surface area contributed by atoms with Gasteiger partial charge in [-0.3, -0.25) is 0 Å². The Balaban J connectivity index is 1.63. The van der Waals surface area contributed by atoms with Crippen LogP contribution in [0.5, 0.6) is 5.75 Å². The first-order chi connectivity index (χ1) is 10.2. The highest BCUT2D eigenvalue weighted by Crippen LogP contribution is 2.29. The first-order valence-corrected chi connectivity index (χ1v) is 8.38. The second-order valence-electron chi connectivity index (χ2n) is 6.30. The van der Waals surface area contributed by atoms with Crippen molar-refractivity contribution < 1.29 is 4.74 Å². The lowest BCUT2D eigenvalue weighted by molar-refractivity contribution is 0.154. The summed E-state index contributed by atoms with van der Waals surface area (Å²) in [6.45, 7) is 4.17. The molecule has 2 rings (SSSR count). The molecule has 21 heavy (non-hydrogen) atoms. The fourth-order valence-corrected chi connectivity index (χ4v) is 3.28. The van der Waals surface area contributed by atoms with Crippen LogP contribution in [0.3, 0.4) is 0 Å². The van der Waals surface area contributed by atoms with Gasteiger partial charge in [-0.05, 0) is 57.2 Å². The molecule has 1 aromatic rings. The van der Waals surface area contributed by atoms with Crippen molar-refractivity contribution in [3.8, 4) is 5.75 Å². The van der Waals surface area contributed by atoms with Gasteiger partial charge in [-0.2, -0.15) is 0 Å². The van der Waals surface area contributed by atoms with Crippen LogP contribution in [0.25, 0.3) is 0 Å². The van der Waals surface area contributed by atoms with Gasteiger partial charge in [-0.25, -0.2) is 0 Å². The van der Waals surface area contributed by atoms with E-state index in [-0.39, 0.29) is 0 Å². The van der Waals surface area contributed by atoms with E-state index >= 15 is 0 Å². The van der Waals surface area contributed by atoms with Crippen LogP contribution in [-0.4, -0.2) is 31.1 Å². The molecule has 0 unspecified atom stereocenters. The molecule has 118 valence electrons. The lowest BCUT2D eigenvalue weighted by Crippen LogP contribution is -2.36. The van der Waals surface area contributed by atoms with Gasteiger partial charge in [0.1, 0.15) is 5.75 Å². The summed E-state index contributed by atoms with van der Waals surface area (Å²) < 4.78 is 5.76. The lowest BCUT2D eigenvalue weighted by Gasteiger charge is -2.34. The molecule has 0 saturated heterocycles. The fraction of sp³-hybridized carbons (Fsp3) is 0.667. The molecular formula is C18H30N2O. The summed E-state index contributed by atoms with van der Waals surface area (Å²) in [7, 11) is 2.26. The van der Waals surface area contributed by atoms with Crippen molar-refractivity contribution in [2.75, 3.05) is 25.9 Å². The summed E-state index contributed by atoms with van der Waals surface area (Å²) in [6, 6.07) is 8.49. The third-order valence-corrected chi connectivity index (χ3v) is 4.85. The molecule has 3 nitrogen and oxygen atoms in total. The van der Waals surface area contributed by atoms with Crippen LogP contribution in [0.1, 0.15) is 45.4 Å². The standard InChI is InChI=1S/C18H30N2O/c1-3-15-9-11-16(12-10-15)20(2)13-6-14-21-18-8-5-4-7-17(18)19/h4-5,7-8,15-16H,3,6,9-14,19H2,1-2H3. The van der Waals surface area contributed by atoms with Gasteiger partial charge in [0.15, 0.2) is 0 Å². The van der Waals surface area contributed by atoms with Crippen molar-refractivity contribution in [3.05, 3.63) is 24.3 Å². The fourth-order valence-electron chi connectivity index (χ4n) is 3.28. The molecular weight excluding hydrogens is 260 g/mol.